The summed E-state index contributed by atoms with van der Waals surface area (Å²) in [6.07, 6.45) is 1.54. The van der Waals surface area contributed by atoms with Crippen LogP contribution in [0.15, 0.2) is 76.7 Å². The summed E-state index contributed by atoms with van der Waals surface area (Å²) in [5.41, 5.74) is 7.28. The Balaban J connectivity index is 1.52. The number of rotatable bonds is 10. The molecular weight excluding hydrogens is 520 g/mol. The highest BCUT2D eigenvalue weighted by Crippen LogP contribution is 2.29. The summed E-state index contributed by atoms with van der Waals surface area (Å²) in [6, 6.07) is 18.0. The maximum atomic E-state index is 12.8. The molecule has 3 aromatic carbocycles. The zero-order valence-electron chi connectivity index (χ0n) is 21.9. The van der Waals surface area contributed by atoms with Crippen LogP contribution in [0.3, 0.4) is 0 Å². The Morgan fingerprint density at radius 2 is 1.74 bits per heavy atom. The number of nitrogens with zero attached hydrogens (tertiary/aromatic N) is 4. The number of sulfonamides is 1. The summed E-state index contributed by atoms with van der Waals surface area (Å²) in [7, 11) is -2.58. The number of ether oxygens (including phenoxy) is 1. The van der Waals surface area contributed by atoms with E-state index in [4.69, 9.17) is 4.74 Å². The Bertz CT molecular complexity index is 1630. The van der Waals surface area contributed by atoms with E-state index in [0.29, 0.717) is 18.0 Å². The van der Waals surface area contributed by atoms with E-state index < -0.39 is 20.6 Å². The standard InChI is InChI=1S/C27H28N6O5S/c1-18-5-7-21(8-6-18)17-32-20(3)25(19(2)30-32)16-28-29-26-14-13-24(15-27(26)33(34)35)39(36,37)31-22-9-11-23(38-4)12-10-22/h5-16,29,31H,17H2,1-4H3/b28-16+. The van der Waals surface area contributed by atoms with E-state index in [2.05, 4.69) is 32.5 Å². The molecule has 0 aliphatic carbocycles. The van der Waals surface area contributed by atoms with E-state index >= 15 is 0 Å². The van der Waals surface area contributed by atoms with Crippen LogP contribution in [0.2, 0.25) is 0 Å². The van der Waals surface area contributed by atoms with Crippen molar-refractivity contribution < 1.29 is 18.1 Å². The van der Waals surface area contributed by atoms with Crippen LogP contribution in [0.1, 0.15) is 28.1 Å². The normalized spacial score (nSPS) is 11.5. The molecule has 11 nitrogen and oxygen atoms in total. The smallest absolute Gasteiger partial charge is 0.295 e. The van der Waals surface area contributed by atoms with Gasteiger partial charge in [-0.15, -0.1) is 0 Å². The lowest BCUT2D eigenvalue weighted by atomic mass is 10.1. The molecule has 0 amide bonds. The number of aryl methyl sites for hydroxylation is 2. The molecule has 12 heteroatoms. The fraction of sp³-hybridized carbons (Fsp3) is 0.185. The molecule has 4 aromatic rings. The van der Waals surface area contributed by atoms with Crippen LogP contribution in [-0.2, 0) is 16.6 Å². The first-order valence-electron chi connectivity index (χ1n) is 11.9. The fourth-order valence-corrected chi connectivity index (χ4v) is 4.96. The maximum Gasteiger partial charge on any atom is 0.295 e. The highest BCUT2D eigenvalue weighted by molar-refractivity contribution is 7.92. The van der Waals surface area contributed by atoms with Crippen LogP contribution in [-0.4, -0.2) is 36.4 Å². The van der Waals surface area contributed by atoms with Gasteiger partial charge in [-0.2, -0.15) is 10.2 Å². The zero-order valence-corrected chi connectivity index (χ0v) is 22.7. The number of nitro groups is 1. The first kappa shape index (κ1) is 27.3. The predicted octanol–water partition coefficient (Wildman–Crippen LogP) is 5.02. The van der Waals surface area contributed by atoms with Gasteiger partial charge in [-0.3, -0.25) is 24.9 Å². The molecular formula is C27H28N6O5S. The number of hydrogen-bond donors (Lipinski definition) is 2. The molecule has 2 N–H and O–H groups in total. The summed E-state index contributed by atoms with van der Waals surface area (Å²) in [6.45, 7) is 6.41. The van der Waals surface area contributed by atoms with Gasteiger partial charge in [0, 0.05) is 23.0 Å². The van der Waals surface area contributed by atoms with Crippen molar-refractivity contribution in [2.24, 2.45) is 5.10 Å². The first-order chi connectivity index (χ1) is 18.6. The molecule has 1 aromatic heterocycles. The van der Waals surface area contributed by atoms with Crippen LogP contribution in [0.5, 0.6) is 5.75 Å². The van der Waals surface area contributed by atoms with Crippen LogP contribution >= 0.6 is 0 Å². The van der Waals surface area contributed by atoms with Gasteiger partial charge in [0.05, 0.1) is 35.4 Å². The number of methoxy groups -OCH3 is 1. The van der Waals surface area contributed by atoms with E-state index in [0.717, 1.165) is 28.6 Å². The number of aromatic nitrogens is 2. The third kappa shape index (κ3) is 6.41. The Hall–Kier alpha value is -4.71. The highest BCUT2D eigenvalue weighted by Gasteiger charge is 2.22. The van der Waals surface area contributed by atoms with Crippen LogP contribution in [0.4, 0.5) is 17.1 Å². The molecule has 0 aliphatic heterocycles. The molecule has 0 radical (unpaired) electrons. The minimum absolute atomic E-state index is 0.0435. The molecule has 202 valence electrons. The SMILES string of the molecule is COc1ccc(NS(=O)(=O)c2ccc(N/N=C/c3c(C)nn(Cc4ccc(C)cc4)c3C)c([N+](=O)[O-])c2)cc1. The molecule has 0 spiro atoms. The molecule has 0 saturated carbocycles. The average molecular weight is 549 g/mol. The van der Waals surface area contributed by atoms with Gasteiger partial charge in [-0.05, 0) is 62.7 Å². The molecule has 0 unspecified atom stereocenters. The second-order valence-electron chi connectivity index (χ2n) is 8.87. The lowest BCUT2D eigenvalue weighted by Crippen LogP contribution is -2.13. The predicted molar refractivity (Wildman–Crippen MR) is 150 cm³/mol. The van der Waals surface area contributed by atoms with Crippen LogP contribution < -0.4 is 14.9 Å². The zero-order chi connectivity index (χ0) is 28.2. The highest BCUT2D eigenvalue weighted by atomic mass is 32.2. The van der Waals surface area contributed by atoms with Crippen LogP contribution in [0.25, 0.3) is 0 Å². The van der Waals surface area contributed by atoms with Crippen molar-refractivity contribution in [1.29, 1.82) is 0 Å². The van der Waals surface area contributed by atoms with Crippen molar-refractivity contribution in [1.82, 2.24) is 9.78 Å². The van der Waals surface area contributed by atoms with Gasteiger partial charge in [-0.1, -0.05) is 29.8 Å². The second kappa shape index (κ2) is 11.4. The van der Waals surface area contributed by atoms with Gasteiger partial charge in [0.1, 0.15) is 11.4 Å². The summed E-state index contributed by atoms with van der Waals surface area (Å²) < 4.78 is 35.0. The van der Waals surface area contributed by atoms with E-state index in [9.17, 15) is 18.5 Å². The molecule has 39 heavy (non-hydrogen) atoms. The molecule has 4 rings (SSSR count). The number of anilines is 2. The number of hydrazone groups is 1. The topological polar surface area (TPSA) is 141 Å². The quantitative estimate of drug-likeness (QED) is 0.161. The fourth-order valence-electron chi connectivity index (χ4n) is 3.88. The van der Waals surface area contributed by atoms with E-state index in [1.807, 2.05) is 37.6 Å². The van der Waals surface area contributed by atoms with Crippen molar-refractivity contribution in [3.8, 4) is 5.75 Å². The molecule has 0 bridgehead atoms. The minimum Gasteiger partial charge on any atom is -0.497 e. The van der Waals surface area contributed by atoms with Crippen molar-refractivity contribution in [3.63, 3.8) is 0 Å². The largest absolute Gasteiger partial charge is 0.497 e. The Morgan fingerprint density at radius 1 is 1.05 bits per heavy atom. The van der Waals surface area contributed by atoms with Gasteiger partial charge >= 0.3 is 0 Å². The first-order valence-corrected chi connectivity index (χ1v) is 13.4. The number of nitrogens with one attached hydrogen (secondary N) is 2. The second-order valence-corrected chi connectivity index (χ2v) is 10.6. The van der Waals surface area contributed by atoms with Crippen molar-refractivity contribution in [2.45, 2.75) is 32.2 Å². The van der Waals surface area contributed by atoms with Crippen molar-refractivity contribution >= 4 is 33.3 Å². The van der Waals surface area contributed by atoms with Gasteiger partial charge in [0.2, 0.25) is 0 Å². The van der Waals surface area contributed by atoms with E-state index in [-0.39, 0.29) is 10.6 Å². The summed E-state index contributed by atoms with van der Waals surface area (Å²) in [5, 5.41) is 20.5. The number of nitro benzene ring substituents is 1. The summed E-state index contributed by atoms with van der Waals surface area (Å²) >= 11 is 0. The number of hydrogen-bond acceptors (Lipinski definition) is 8. The lowest BCUT2D eigenvalue weighted by Gasteiger charge is -2.10. The third-order valence-corrected chi connectivity index (χ3v) is 7.47. The Kier molecular flexibility index (Phi) is 7.96. The minimum atomic E-state index is -4.08. The lowest BCUT2D eigenvalue weighted by molar-refractivity contribution is -0.384. The summed E-state index contributed by atoms with van der Waals surface area (Å²) in [4.78, 5) is 10.8. The molecule has 0 fully saturated rings. The van der Waals surface area contributed by atoms with Crippen molar-refractivity contribution in [2.75, 3.05) is 17.3 Å². The van der Waals surface area contributed by atoms with Gasteiger partial charge in [-0.25, -0.2) is 8.42 Å². The van der Waals surface area contributed by atoms with Gasteiger partial charge in [0.25, 0.3) is 15.7 Å². The monoisotopic (exact) mass is 548 g/mol. The maximum absolute atomic E-state index is 12.8. The third-order valence-electron chi connectivity index (χ3n) is 6.09. The summed E-state index contributed by atoms with van der Waals surface area (Å²) in [5.74, 6) is 0.563. The van der Waals surface area contributed by atoms with Gasteiger partial charge in [0.15, 0.2) is 0 Å². The van der Waals surface area contributed by atoms with E-state index in [1.54, 1.807) is 18.3 Å². The Morgan fingerprint density at radius 3 is 2.38 bits per heavy atom. The molecule has 0 aliphatic rings. The molecule has 0 saturated heterocycles. The average Bonchev–Trinajstić information content (AvgIpc) is 3.17. The van der Waals surface area contributed by atoms with Crippen LogP contribution in [0, 0.1) is 30.9 Å². The molecule has 1 heterocycles. The van der Waals surface area contributed by atoms with Gasteiger partial charge < -0.3 is 4.74 Å². The Labute approximate surface area is 226 Å². The van der Waals surface area contributed by atoms with Crippen molar-refractivity contribution in [3.05, 3.63) is 105 Å². The molecule has 0 atom stereocenters. The van der Waals surface area contributed by atoms with E-state index in [1.165, 1.54) is 36.9 Å². The number of benzene rings is 3.